The maximum atomic E-state index is 14.1. The predicted molar refractivity (Wildman–Crippen MR) is 186 cm³/mol. The lowest BCUT2D eigenvalue weighted by molar-refractivity contribution is -0.318. The number of aliphatic hydroxyl groups is 5. The van der Waals surface area contributed by atoms with Crippen molar-refractivity contribution in [3.63, 3.8) is 0 Å². The Labute approximate surface area is 304 Å². The molecule has 18 atom stereocenters. The highest BCUT2D eigenvalue weighted by Gasteiger charge is 2.53. The van der Waals surface area contributed by atoms with E-state index >= 15 is 0 Å². The minimum absolute atomic E-state index is 0.0936. The first-order valence-electron chi connectivity index (χ1n) is 18.5. The number of likely N-dealkylation sites (N-methyl/N-ethyl adjacent to an activating group) is 1. The van der Waals surface area contributed by atoms with E-state index in [1.165, 1.54) is 27.9 Å². The van der Waals surface area contributed by atoms with Gasteiger partial charge in [0.25, 0.3) is 0 Å². The second kappa shape index (κ2) is 17.0. The number of carbonyl (C=O) groups excluding carboxylic acids is 2. The second-order valence-electron chi connectivity index (χ2n) is 16.5. The number of carbonyl (C=O) groups is 2. The molecule has 14 nitrogen and oxygen atoms in total. The van der Waals surface area contributed by atoms with Crippen molar-refractivity contribution in [3.8, 4) is 0 Å². The fraction of sp³-hybridized carbons (Fsp3) is 0.946. The zero-order chi connectivity index (χ0) is 39.0. The standard InChI is InChI=1S/C37H67NO13/c1-14-25-37(10,45)30(41)20(4)27(39)18(2)16-35(8,44)32(51-34-28(40)24(38(11)12)15-19(3)47-34)21(5)29(22(6)33(43)49-25)50-26-17-36(9,46-13)31(42)23(7)48-26/h18-26,28-32,34,40-42,44-45H,14-17H2,1-13H3/t18-,19+,20?,21?,22-,23-,24-,25?,26-,28+,29+,30+,31-,32-,34-,35-,36+,37-/m0/s1. The number of cyclic esters (lactones) is 1. The summed E-state index contributed by atoms with van der Waals surface area (Å²) in [5.74, 6) is -4.98. The number of nitrogens with zero attached hydrogens (tertiary/aromatic N) is 1. The van der Waals surface area contributed by atoms with Gasteiger partial charge >= 0.3 is 5.97 Å². The van der Waals surface area contributed by atoms with E-state index in [1.807, 2.05) is 25.9 Å². The Morgan fingerprint density at radius 1 is 0.882 bits per heavy atom. The van der Waals surface area contributed by atoms with E-state index in [0.29, 0.717) is 6.42 Å². The SMILES string of the molecule is CCC1OC(=O)[C@@H](C)[C@H](O[C@H]2C[C@@](C)(OC)[C@@H](O)[C@H](C)O2)C(C)[C@H](O[C@@H]2O[C@H](C)C[C@H](N(C)C)[C@H]2O)[C@@](C)(O)C[C@H](C)C(=O)C(C)[C@@H](O)[C@@]1(C)O. The van der Waals surface area contributed by atoms with Gasteiger partial charge in [0.05, 0.1) is 47.6 Å². The molecular formula is C37H67NO13. The number of esters is 1. The summed E-state index contributed by atoms with van der Waals surface area (Å²) in [7, 11) is 5.18. The number of hydrogen-bond donors (Lipinski definition) is 5. The van der Waals surface area contributed by atoms with Gasteiger partial charge < -0.3 is 58.9 Å². The fourth-order valence-electron chi connectivity index (χ4n) is 8.41. The number of rotatable bonds is 7. The number of ketones is 1. The molecule has 0 radical (unpaired) electrons. The van der Waals surface area contributed by atoms with E-state index in [-0.39, 0.29) is 31.4 Å². The van der Waals surface area contributed by atoms with Gasteiger partial charge in [-0.2, -0.15) is 0 Å². The molecule has 0 aliphatic carbocycles. The summed E-state index contributed by atoms with van der Waals surface area (Å²) in [6.45, 7) is 16.3. The van der Waals surface area contributed by atoms with Gasteiger partial charge in [-0.1, -0.05) is 27.7 Å². The molecule has 3 fully saturated rings. The first-order chi connectivity index (χ1) is 23.4. The van der Waals surface area contributed by atoms with Crippen LogP contribution >= 0.6 is 0 Å². The molecule has 3 aliphatic rings. The summed E-state index contributed by atoms with van der Waals surface area (Å²) in [6, 6.07) is -0.324. The van der Waals surface area contributed by atoms with E-state index in [2.05, 4.69) is 0 Å². The van der Waals surface area contributed by atoms with Crippen LogP contribution in [0.25, 0.3) is 0 Å². The molecular weight excluding hydrogens is 666 g/mol. The maximum absolute atomic E-state index is 14.1. The molecule has 3 saturated heterocycles. The molecule has 0 saturated carbocycles. The van der Waals surface area contributed by atoms with Crippen LogP contribution in [-0.2, 0) is 38.0 Å². The van der Waals surface area contributed by atoms with Crippen LogP contribution in [-0.4, -0.2) is 148 Å². The summed E-state index contributed by atoms with van der Waals surface area (Å²) in [4.78, 5) is 29.8. The Bertz CT molecular complexity index is 1170. The van der Waals surface area contributed by atoms with Crippen molar-refractivity contribution in [2.24, 2.45) is 23.7 Å². The maximum Gasteiger partial charge on any atom is 0.311 e. The molecule has 3 unspecified atom stereocenters. The minimum Gasteiger partial charge on any atom is -0.459 e. The molecule has 0 aromatic heterocycles. The van der Waals surface area contributed by atoms with E-state index < -0.39 is 108 Å². The third-order valence-electron chi connectivity index (χ3n) is 11.8. The topological polar surface area (TPSA) is 194 Å². The lowest BCUT2D eigenvalue weighted by Crippen LogP contribution is -2.61. The highest BCUT2D eigenvalue weighted by atomic mass is 16.7. The van der Waals surface area contributed by atoms with Crippen molar-refractivity contribution < 1.29 is 63.5 Å². The first kappa shape index (κ1) is 44.1. The Hall–Kier alpha value is -1.30. The molecule has 3 heterocycles. The summed E-state index contributed by atoms with van der Waals surface area (Å²) in [6.07, 6.45) is -9.71. The van der Waals surface area contributed by atoms with Crippen LogP contribution in [0.15, 0.2) is 0 Å². The van der Waals surface area contributed by atoms with Gasteiger partial charge in [-0.05, 0) is 74.9 Å². The molecule has 0 bridgehead atoms. The Kier molecular flexibility index (Phi) is 14.7. The highest BCUT2D eigenvalue weighted by molar-refractivity contribution is 5.83. The molecule has 5 N–H and O–H groups in total. The largest absolute Gasteiger partial charge is 0.459 e. The zero-order valence-corrected chi connectivity index (χ0v) is 32.9. The third kappa shape index (κ3) is 9.51. The second-order valence-corrected chi connectivity index (χ2v) is 16.5. The number of methoxy groups -OCH3 is 1. The number of Topliss-reactive ketones (excluding diaryl/α,β-unsaturated/α-hetero) is 1. The zero-order valence-electron chi connectivity index (χ0n) is 32.9. The summed E-state index contributed by atoms with van der Waals surface area (Å²) < 4.78 is 37.1. The molecule has 0 aromatic rings. The van der Waals surface area contributed by atoms with Gasteiger partial charge in [0.1, 0.15) is 29.7 Å². The molecule has 0 amide bonds. The van der Waals surface area contributed by atoms with Crippen molar-refractivity contribution >= 4 is 11.8 Å². The average molecular weight is 734 g/mol. The van der Waals surface area contributed by atoms with E-state index in [9.17, 15) is 35.1 Å². The molecule has 0 aromatic carbocycles. The minimum atomic E-state index is -1.99. The lowest BCUT2D eigenvalue weighted by atomic mass is 9.74. The lowest BCUT2D eigenvalue weighted by Gasteiger charge is -2.49. The molecule has 51 heavy (non-hydrogen) atoms. The third-order valence-corrected chi connectivity index (χ3v) is 11.8. The van der Waals surface area contributed by atoms with Crippen LogP contribution < -0.4 is 0 Å². The fourth-order valence-corrected chi connectivity index (χ4v) is 8.41. The predicted octanol–water partition coefficient (Wildman–Crippen LogP) is 1.79. The number of aliphatic hydroxyl groups excluding tert-OH is 3. The molecule has 0 spiro atoms. The molecule has 3 aliphatic heterocycles. The van der Waals surface area contributed by atoms with E-state index in [4.69, 9.17) is 28.4 Å². The Morgan fingerprint density at radius 3 is 2.04 bits per heavy atom. The summed E-state index contributed by atoms with van der Waals surface area (Å²) in [5.41, 5.74) is -4.84. The smallest absolute Gasteiger partial charge is 0.311 e. The van der Waals surface area contributed by atoms with Crippen LogP contribution in [0.2, 0.25) is 0 Å². The molecule has 3 rings (SSSR count). The summed E-state index contributed by atoms with van der Waals surface area (Å²) in [5, 5.41) is 57.6. The number of hydrogen-bond acceptors (Lipinski definition) is 14. The Morgan fingerprint density at radius 2 is 1.49 bits per heavy atom. The van der Waals surface area contributed by atoms with Crippen molar-refractivity contribution in [2.75, 3.05) is 21.2 Å². The van der Waals surface area contributed by atoms with Crippen molar-refractivity contribution in [2.45, 2.75) is 179 Å². The van der Waals surface area contributed by atoms with Crippen LogP contribution in [0.4, 0.5) is 0 Å². The Balaban J connectivity index is 2.18. The quantitative estimate of drug-likeness (QED) is 0.238. The first-order valence-corrected chi connectivity index (χ1v) is 18.5. The van der Waals surface area contributed by atoms with Gasteiger partial charge in [0.15, 0.2) is 12.6 Å². The van der Waals surface area contributed by atoms with Crippen LogP contribution in [0.1, 0.15) is 94.9 Å². The van der Waals surface area contributed by atoms with Crippen molar-refractivity contribution in [1.82, 2.24) is 4.90 Å². The summed E-state index contributed by atoms with van der Waals surface area (Å²) >= 11 is 0. The van der Waals surface area contributed by atoms with Gasteiger partial charge in [0.2, 0.25) is 0 Å². The molecule has 298 valence electrons. The van der Waals surface area contributed by atoms with E-state index in [0.717, 1.165) is 0 Å². The van der Waals surface area contributed by atoms with Gasteiger partial charge in [0, 0.05) is 37.3 Å². The monoisotopic (exact) mass is 733 g/mol. The van der Waals surface area contributed by atoms with E-state index in [1.54, 1.807) is 41.5 Å². The van der Waals surface area contributed by atoms with Gasteiger partial charge in [-0.15, -0.1) is 0 Å². The van der Waals surface area contributed by atoms with Gasteiger partial charge in [-0.3, -0.25) is 9.59 Å². The van der Waals surface area contributed by atoms with Crippen LogP contribution in [0.3, 0.4) is 0 Å². The van der Waals surface area contributed by atoms with Crippen LogP contribution in [0, 0.1) is 23.7 Å². The average Bonchev–Trinajstić information content (AvgIpc) is 3.05. The highest BCUT2D eigenvalue weighted by Crippen LogP contribution is 2.40. The van der Waals surface area contributed by atoms with Crippen molar-refractivity contribution in [1.29, 1.82) is 0 Å². The normalized spacial score (nSPS) is 49.7. The molecule has 14 heteroatoms. The van der Waals surface area contributed by atoms with Crippen molar-refractivity contribution in [3.05, 3.63) is 0 Å². The van der Waals surface area contributed by atoms with Crippen LogP contribution in [0.5, 0.6) is 0 Å². The number of ether oxygens (including phenoxy) is 6. The van der Waals surface area contributed by atoms with Gasteiger partial charge in [-0.25, -0.2) is 0 Å².